The SMILES string of the molecule is CC(C)NC(=O)CCCCCCCCCCCN1CCC(C(C)C)CC1. The van der Waals surface area contributed by atoms with E-state index in [2.05, 4.69) is 24.1 Å². The fourth-order valence-electron chi connectivity index (χ4n) is 4.10. The maximum Gasteiger partial charge on any atom is 0.220 e. The van der Waals surface area contributed by atoms with Gasteiger partial charge in [-0.25, -0.2) is 0 Å². The fraction of sp³-hybridized carbons (Fsp3) is 0.957. The molecule has 1 rings (SSSR count). The van der Waals surface area contributed by atoms with Gasteiger partial charge in [-0.3, -0.25) is 4.79 Å². The van der Waals surface area contributed by atoms with Crippen LogP contribution in [0.4, 0.5) is 0 Å². The average Bonchev–Trinajstić information content (AvgIpc) is 2.59. The first-order valence-electron chi connectivity index (χ1n) is 11.5. The second-order valence-corrected chi connectivity index (χ2v) is 9.08. The van der Waals surface area contributed by atoms with E-state index in [4.69, 9.17) is 0 Å². The number of amides is 1. The van der Waals surface area contributed by atoms with Crippen molar-refractivity contribution < 1.29 is 4.79 Å². The molecule has 0 saturated carbocycles. The third-order valence-corrected chi connectivity index (χ3v) is 5.90. The molecule has 0 bridgehead atoms. The summed E-state index contributed by atoms with van der Waals surface area (Å²) in [5, 5.41) is 2.96. The molecule has 0 unspecified atom stereocenters. The topological polar surface area (TPSA) is 32.3 Å². The Morgan fingerprint density at radius 2 is 1.35 bits per heavy atom. The number of hydrogen-bond acceptors (Lipinski definition) is 2. The second-order valence-electron chi connectivity index (χ2n) is 9.08. The number of likely N-dealkylation sites (tertiary alicyclic amines) is 1. The van der Waals surface area contributed by atoms with E-state index in [-0.39, 0.29) is 11.9 Å². The summed E-state index contributed by atoms with van der Waals surface area (Å²) in [6, 6.07) is 0.273. The highest BCUT2D eigenvalue weighted by Gasteiger charge is 2.20. The molecule has 1 aliphatic heterocycles. The van der Waals surface area contributed by atoms with Crippen molar-refractivity contribution in [1.82, 2.24) is 10.2 Å². The lowest BCUT2D eigenvalue weighted by atomic mass is 9.87. The Bertz CT molecular complexity index is 346. The summed E-state index contributed by atoms with van der Waals surface area (Å²) in [5.74, 6) is 2.05. The van der Waals surface area contributed by atoms with Crippen LogP contribution in [-0.2, 0) is 4.79 Å². The Hall–Kier alpha value is -0.570. The molecule has 1 amide bonds. The number of rotatable bonds is 14. The molecule has 0 atom stereocenters. The van der Waals surface area contributed by atoms with Gasteiger partial charge in [0.1, 0.15) is 0 Å². The van der Waals surface area contributed by atoms with Crippen LogP contribution in [0.5, 0.6) is 0 Å². The third kappa shape index (κ3) is 11.9. The molecule has 3 nitrogen and oxygen atoms in total. The van der Waals surface area contributed by atoms with Gasteiger partial charge in [0, 0.05) is 12.5 Å². The first-order chi connectivity index (χ1) is 12.5. The molecule has 1 heterocycles. The monoisotopic (exact) mass is 366 g/mol. The zero-order valence-electron chi connectivity index (χ0n) is 18.2. The van der Waals surface area contributed by atoms with E-state index >= 15 is 0 Å². The lowest BCUT2D eigenvalue weighted by Gasteiger charge is -2.33. The molecular formula is C23H46N2O. The summed E-state index contributed by atoms with van der Waals surface area (Å²) in [7, 11) is 0. The molecular weight excluding hydrogens is 320 g/mol. The van der Waals surface area contributed by atoms with Crippen molar-refractivity contribution in [2.24, 2.45) is 11.8 Å². The number of carbonyl (C=O) groups excluding carboxylic acids is 1. The molecule has 0 aromatic carbocycles. The first-order valence-corrected chi connectivity index (χ1v) is 11.5. The summed E-state index contributed by atoms with van der Waals surface area (Å²) in [6.07, 6.45) is 15.4. The van der Waals surface area contributed by atoms with E-state index in [0.29, 0.717) is 6.42 Å². The molecule has 0 aliphatic carbocycles. The van der Waals surface area contributed by atoms with Crippen molar-refractivity contribution in [3.8, 4) is 0 Å². The predicted molar refractivity (Wildman–Crippen MR) is 113 cm³/mol. The smallest absolute Gasteiger partial charge is 0.220 e. The van der Waals surface area contributed by atoms with Gasteiger partial charge in [-0.05, 0) is 71.0 Å². The van der Waals surface area contributed by atoms with Crippen LogP contribution in [0.2, 0.25) is 0 Å². The zero-order valence-corrected chi connectivity index (χ0v) is 18.2. The maximum absolute atomic E-state index is 11.5. The minimum atomic E-state index is 0.216. The zero-order chi connectivity index (χ0) is 19.2. The Morgan fingerprint density at radius 1 is 0.846 bits per heavy atom. The van der Waals surface area contributed by atoms with Gasteiger partial charge >= 0.3 is 0 Å². The first kappa shape index (κ1) is 23.5. The van der Waals surface area contributed by atoms with Gasteiger partial charge in [0.25, 0.3) is 0 Å². The minimum absolute atomic E-state index is 0.216. The van der Waals surface area contributed by atoms with Crippen LogP contribution < -0.4 is 5.32 Å². The van der Waals surface area contributed by atoms with Gasteiger partial charge in [-0.2, -0.15) is 0 Å². The van der Waals surface area contributed by atoms with Crippen LogP contribution in [0.1, 0.15) is 105 Å². The maximum atomic E-state index is 11.5. The molecule has 3 heteroatoms. The van der Waals surface area contributed by atoms with Crippen LogP contribution >= 0.6 is 0 Å². The highest BCUT2D eigenvalue weighted by atomic mass is 16.1. The molecule has 154 valence electrons. The number of nitrogens with one attached hydrogen (secondary N) is 1. The summed E-state index contributed by atoms with van der Waals surface area (Å²) in [4.78, 5) is 14.2. The minimum Gasteiger partial charge on any atom is -0.354 e. The van der Waals surface area contributed by atoms with Crippen molar-refractivity contribution in [3.05, 3.63) is 0 Å². The van der Waals surface area contributed by atoms with Crippen molar-refractivity contribution >= 4 is 5.91 Å². The van der Waals surface area contributed by atoms with Gasteiger partial charge in [0.15, 0.2) is 0 Å². The normalized spacial score (nSPS) is 16.5. The molecule has 26 heavy (non-hydrogen) atoms. The Morgan fingerprint density at radius 3 is 1.85 bits per heavy atom. The highest BCUT2D eigenvalue weighted by molar-refractivity contribution is 5.76. The van der Waals surface area contributed by atoms with Crippen LogP contribution in [0.15, 0.2) is 0 Å². The largest absolute Gasteiger partial charge is 0.354 e. The van der Waals surface area contributed by atoms with Crippen LogP contribution in [0.25, 0.3) is 0 Å². The second kappa shape index (κ2) is 14.5. The standard InChI is InChI=1S/C23H46N2O/c1-20(2)22-15-18-25(19-16-22)17-13-11-9-7-5-6-8-10-12-14-23(26)24-21(3)4/h20-22H,5-19H2,1-4H3,(H,24,26). The molecule has 0 aromatic rings. The van der Waals surface area contributed by atoms with Gasteiger partial charge in [-0.1, -0.05) is 58.8 Å². The molecule has 1 saturated heterocycles. The molecule has 0 aromatic heterocycles. The van der Waals surface area contributed by atoms with Crippen LogP contribution in [0.3, 0.4) is 0 Å². The number of carbonyl (C=O) groups is 1. The van der Waals surface area contributed by atoms with Gasteiger partial charge in [-0.15, -0.1) is 0 Å². The molecule has 0 spiro atoms. The van der Waals surface area contributed by atoms with Crippen LogP contribution in [0, 0.1) is 11.8 Å². The number of piperidine rings is 1. The summed E-state index contributed by atoms with van der Waals surface area (Å²) >= 11 is 0. The number of unbranched alkanes of at least 4 members (excludes halogenated alkanes) is 8. The fourth-order valence-corrected chi connectivity index (χ4v) is 4.10. The quantitative estimate of drug-likeness (QED) is 0.395. The molecule has 0 radical (unpaired) electrons. The Kier molecular flexibility index (Phi) is 13.1. The molecule has 1 aliphatic rings. The number of hydrogen-bond donors (Lipinski definition) is 1. The van der Waals surface area contributed by atoms with E-state index in [0.717, 1.165) is 18.3 Å². The summed E-state index contributed by atoms with van der Waals surface area (Å²) in [6.45, 7) is 12.8. The van der Waals surface area contributed by atoms with Crippen molar-refractivity contribution in [3.63, 3.8) is 0 Å². The van der Waals surface area contributed by atoms with E-state index in [1.807, 2.05) is 13.8 Å². The van der Waals surface area contributed by atoms with E-state index in [1.54, 1.807) is 0 Å². The Labute approximate surface area is 163 Å². The van der Waals surface area contributed by atoms with E-state index < -0.39 is 0 Å². The third-order valence-electron chi connectivity index (χ3n) is 5.90. The summed E-state index contributed by atoms with van der Waals surface area (Å²) < 4.78 is 0. The Balaban J connectivity index is 1.81. The lowest BCUT2D eigenvalue weighted by molar-refractivity contribution is -0.121. The number of nitrogens with zero attached hydrogens (tertiary/aromatic N) is 1. The molecule has 1 fully saturated rings. The van der Waals surface area contributed by atoms with E-state index in [1.165, 1.54) is 83.8 Å². The van der Waals surface area contributed by atoms with Crippen LogP contribution in [-0.4, -0.2) is 36.5 Å². The van der Waals surface area contributed by atoms with Crippen molar-refractivity contribution in [2.75, 3.05) is 19.6 Å². The predicted octanol–water partition coefficient (Wildman–Crippen LogP) is 5.78. The lowest BCUT2D eigenvalue weighted by Crippen LogP contribution is -2.35. The summed E-state index contributed by atoms with van der Waals surface area (Å²) in [5.41, 5.74) is 0. The van der Waals surface area contributed by atoms with E-state index in [9.17, 15) is 4.79 Å². The molecule has 1 N–H and O–H groups in total. The average molecular weight is 367 g/mol. The van der Waals surface area contributed by atoms with Gasteiger partial charge < -0.3 is 10.2 Å². The highest BCUT2D eigenvalue weighted by Crippen LogP contribution is 2.24. The van der Waals surface area contributed by atoms with Crippen molar-refractivity contribution in [2.45, 2.75) is 111 Å². The van der Waals surface area contributed by atoms with Gasteiger partial charge in [0.2, 0.25) is 5.91 Å². The van der Waals surface area contributed by atoms with Crippen molar-refractivity contribution in [1.29, 1.82) is 0 Å². The van der Waals surface area contributed by atoms with Gasteiger partial charge in [0.05, 0.1) is 0 Å².